The van der Waals surface area contributed by atoms with E-state index in [1.807, 2.05) is 0 Å². The van der Waals surface area contributed by atoms with E-state index in [2.05, 4.69) is 10.3 Å². The normalized spacial score (nSPS) is 11.9. The van der Waals surface area contributed by atoms with Crippen LogP contribution in [0.25, 0.3) is 0 Å². The molecule has 1 heterocycles. The van der Waals surface area contributed by atoms with Crippen molar-refractivity contribution in [1.82, 2.24) is 4.98 Å². The van der Waals surface area contributed by atoms with Crippen molar-refractivity contribution in [3.8, 4) is 0 Å². The van der Waals surface area contributed by atoms with Gasteiger partial charge in [-0.2, -0.15) is 0 Å². The summed E-state index contributed by atoms with van der Waals surface area (Å²) in [5, 5.41) is 4.12. The van der Waals surface area contributed by atoms with E-state index >= 15 is 0 Å². The molecule has 1 N–H and O–H groups in total. The lowest BCUT2D eigenvalue weighted by Gasteiger charge is -2.14. The Morgan fingerprint density at radius 3 is 2.57 bits per heavy atom. The molecule has 0 saturated carbocycles. The maximum Gasteiger partial charge on any atom is 0.351 e. The number of hydrogen-bond acceptors (Lipinski definition) is 5. The van der Waals surface area contributed by atoms with Crippen LogP contribution in [-0.4, -0.2) is 23.0 Å². The SMILES string of the molecule is Cc1nc(C)c(C(=O)OC(C)C(=O)Nc2ccc(Cl)cc2Cl)s1. The van der Waals surface area contributed by atoms with Crippen LogP contribution in [0.3, 0.4) is 0 Å². The summed E-state index contributed by atoms with van der Waals surface area (Å²) in [5.74, 6) is -1.06. The van der Waals surface area contributed by atoms with Crippen molar-refractivity contribution in [1.29, 1.82) is 0 Å². The van der Waals surface area contributed by atoms with E-state index in [4.69, 9.17) is 27.9 Å². The second-order valence-corrected chi connectivity index (χ2v) is 6.86. The number of nitrogens with one attached hydrogen (secondary N) is 1. The van der Waals surface area contributed by atoms with E-state index in [9.17, 15) is 9.59 Å². The molecular formula is C15H14Cl2N2O3S. The monoisotopic (exact) mass is 372 g/mol. The molecule has 1 unspecified atom stereocenters. The van der Waals surface area contributed by atoms with Crippen molar-refractivity contribution in [2.24, 2.45) is 0 Å². The van der Waals surface area contributed by atoms with Gasteiger partial charge >= 0.3 is 5.97 Å². The fourth-order valence-electron chi connectivity index (χ4n) is 1.81. The van der Waals surface area contributed by atoms with Gasteiger partial charge < -0.3 is 10.1 Å². The van der Waals surface area contributed by atoms with Gasteiger partial charge in [-0.1, -0.05) is 23.2 Å². The zero-order chi connectivity index (χ0) is 17.1. The zero-order valence-corrected chi connectivity index (χ0v) is 15.0. The average molecular weight is 373 g/mol. The van der Waals surface area contributed by atoms with E-state index in [1.165, 1.54) is 24.3 Å². The van der Waals surface area contributed by atoms with E-state index in [0.29, 0.717) is 26.3 Å². The minimum atomic E-state index is -0.976. The molecule has 1 aromatic carbocycles. The number of nitrogens with zero attached hydrogens (tertiary/aromatic N) is 1. The Morgan fingerprint density at radius 2 is 2.00 bits per heavy atom. The van der Waals surface area contributed by atoms with Gasteiger partial charge in [0, 0.05) is 5.02 Å². The van der Waals surface area contributed by atoms with Crippen LogP contribution in [0, 0.1) is 13.8 Å². The number of amides is 1. The number of carbonyl (C=O) groups excluding carboxylic acids is 2. The van der Waals surface area contributed by atoms with Crippen LogP contribution in [-0.2, 0) is 9.53 Å². The lowest BCUT2D eigenvalue weighted by atomic mass is 10.3. The molecule has 1 amide bonds. The average Bonchev–Trinajstić information content (AvgIpc) is 2.80. The number of carbonyl (C=O) groups is 2. The fourth-order valence-corrected chi connectivity index (χ4v) is 3.07. The predicted molar refractivity (Wildman–Crippen MR) is 91.6 cm³/mol. The molecule has 1 atom stereocenters. The number of aromatic nitrogens is 1. The molecule has 0 aliphatic rings. The third-order valence-electron chi connectivity index (χ3n) is 2.93. The Balaban J connectivity index is 2.02. The lowest BCUT2D eigenvalue weighted by molar-refractivity contribution is -0.123. The summed E-state index contributed by atoms with van der Waals surface area (Å²) in [6.07, 6.45) is -0.976. The maximum absolute atomic E-state index is 12.1. The van der Waals surface area contributed by atoms with E-state index in [-0.39, 0.29) is 0 Å². The van der Waals surface area contributed by atoms with Crippen LogP contribution in [0.4, 0.5) is 5.69 Å². The predicted octanol–water partition coefficient (Wildman–Crippen LogP) is 4.25. The van der Waals surface area contributed by atoms with Gasteiger partial charge in [0.25, 0.3) is 5.91 Å². The summed E-state index contributed by atoms with van der Waals surface area (Å²) in [6, 6.07) is 4.69. The molecule has 23 heavy (non-hydrogen) atoms. The van der Waals surface area contributed by atoms with Gasteiger partial charge in [0.1, 0.15) is 4.88 Å². The van der Waals surface area contributed by atoms with Crippen molar-refractivity contribution < 1.29 is 14.3 Å². The van der Waals surface area contributed by atoms with Gasteiger partial charge in [0.05, 0.1) is 21.4 Å². The van der Waals surface area contributed by atoms with Crippen LogP contribution in [0.2, 0.25) is 10.0 Å². The summed E-state index contributed by atoms with van der Waals surface area (Å²) in [6.45, 7) is 5.01. The highest BCUT2D eigenvalue weighted by atomic mass is 35.5. The number of ether oxygens (including phenoxy) is 1. The highest BCUT2D eigenvalue weighted by Gasteiger charge is 2.22. The van der Waals surface area contributed by atoms with Crippen molar-refractivity contribution in [2.45, 2.75) is 26.9 Å². The highest BCUT2D eigenvalue weighted by molar-refractivity contribution is 7.13. The van der Waals surface area contributed by atoms with Gasteiger partial charge in [0.15, 0.2) is 6.10 Å². The highest BCUT2D eigenvalue weighted by Crippen LogP contribution is 2.25. The smallest absolute Gasteiger partial charge is 0.351 e. The van der Waals surface area contributed by atoms with Gasteiger partial charge in [-0.3, -0.25) is 4.79 Å². The minimum Gasteiger partial charge on any atom is -0.448 e. The Labute approximate surface area is 147 Å². The number of rotatable bonds is 4. The molecule has 0 bridgehead atoms. The Kier molecular flexibility index (Phi) is 5.62. The molecule has 0 fully saturated rings. The Bertz CT molecular complexity index is 761. The number of benzene rings is 1. The first-order chi connectivity index (χ1) is 10.8. The van der Waals surface area contributed by atoms with Gasteiger partial charge in [0.2, 0.25) is 0 Å². The number of esters is 1. The van der Waals surface area contributed by atoms with E-state index in [1.54, 1.807) is 26.0 Å². The lowest BCUT2D eigenvalue weighted by Crippen LogP contribution is -2.30. The molecule has 5 nitrogen and oxygen atoms in total. The number of aryl methyl sites for hydroxylation is 2. The summed E-state index contributed by atoms with van der Waals surface area (Å²) in [4.78, 5) is 28.8. The summed E-state index contributed by atoms with van der Waals surface area (Å²) in [5.41, 5.74) is 0.986. The van der Waals surface area contributed by atoms with Gasteiger partial charge in [-0.15, -0.1) is 11.3 Å². The van der Waals surface area contributed by atoms with Gasteiger partial charge in [-0.25, -0.2) is 9.78 Å². The topological polar surface area (TPSA) is 68.3 Å². The second kappa shape index (κ2) is 7.29. The van der Waals surface area contributed by atoms with Gasteiger partial charge in [-0.05, 0) is 39.0 Å². The van der Waals surface area contributed by atoms with Crippen molar-refractivity contribution in [3.63, 3.8) is 0 Å². The van der Waals surface area contributed by atoms with Crippen molar-refractivity contribution in [3.05, 3.63) is 43.8 Å². The summed E-state index contributed by atoms with van der Waals surface area (Å²) >= 11 is 13.0. The molecule has 0 radical (unpaired) electrons. The first kappa shape index (κ1) is 17.7. The van der Waals surface area contributed by atoms with Crippen LogP contribution in [0.1, 0.15) is 27.3 Å². The standard InChI is InChI=1S/C15H14Cl2N2O3S/c1-7-13(23-9(3)18-7)15(21)22-8(2)14(20)19-12-5-4-10(16)6-11(12)17/h4-6,8H,1-3H3,(H,19,20). The summed E-state index contributed by atoms with van der Waals surface area (Å²) in [7, 11) is 0. The van der Waals surface area contributed by atoms with E-state index < -0.39 is 18.0 Å². The zero-order valence-electron chi connectivity index (χ0n) is 12.6. The number of hydrogen-bond donors (Lipinski definition) is 1. The largest absolute Gasteiger partial charge is 0.448 e. The van der Waals surface area contributed by atoms with Crippen LogP contribution >= 0.6 is 34.5 Å². The fraction of sp³-hybridized carbons (Fsp3) is 0.267. The van der Waals surface area contributed by atoms with Crippen LogP contribution in [0.15, 0.2) is 18.2 Å². The second-order valence-electron chi connectivity index (χ2n) is 4.81. The third-order valence-corrected chi connectivity index (χ3v) is 4.53. The van der Waals surface area contributed by atoms with Crippen molar-refractivity contribution >= 4 is 52.1 Å². The molecule has 2 rings (SSSR count). The summed E-state index contributed by atoms with van der Waals surface area (Å²) < 4.78 is 5.18. The molecule has 0 saturated heterocycles. The van der Waals surface area contributed by atoms with Crippen LogP contribution in [0.5, 0.6) is 0 Å². The molecule has 122 valence electrons. The molecular weight excluding hydrogens is 359 g/mol. The van der Waals surface area contributed by atoms with Crippen LogP contribution < -0.4 is 5.32 Å². The molecule has 1 aromatic heterocycles. The molecule has 0 aliphatic carbocycles. The van der Waals surface area contributed by atoms with E-state index in [0.717, 1.165) is 5.01 Å². The number of halogens is 2. The molecule has 8 heteroatoms. The Morgan fingerprint density at radius 1 is 1.30 bits per heavy atom. The molecule has 0 aliphatic heterocycles. The third kappa shape index (κ3) is 4.43. The maximum atomic E-state index is 12.1. The quantitative estimate of drug-likeness (QED) is 0.814. The minimum absolute atomic E-state index is 0.304. The van der Waals surface area contributed by atoms with Crippen molar-refractivity contribution in [2.75, 3.05) is 5.32 Å². The number of anilines is 1. The Hall–Kier alpha value is -1.63. The molecule has 2 aromatic rings. The number of thiazole rings is 1. The molecule has 0 spiro atoms. The first-order valence-electron chi connectivity index (χ1n) is 6.69. The first-order valence-corrected chi connectivity index (χ1v) is 8.26.